The molecule has 5 heteroatoms. The van der Waals surface area contributed by atoms with E-state index in [4.69, 9.17) is 4.74 Å². The third kappa shape index (κ3) is 1.63. The summed E-state index contributed by atoms with van der Waals surface area (Å²) in [5.74, 6) is 1.42. The maximum absolute atomic E-state index is 12.8. The molecule has 5 aliphatic rings. The summed E-state index contributed by atoms with van der Waals surface area (Å²) in [6.07, 6.45) is 4.57. The van der Waals surface area contributed by atoms with Gasteiger partial charge in [-0.15, -0.1) is 0 Å². The fourth-order valence-electron chi connectivity index (χ4n) is 6.83. The number of ketones is 1. The quantitative estimate of drug-likeness (QED) is 0.791. The number of aromatic hydroxyl groups is 1. The minimum atomic E-state index is -0.945. The molecule has 1 aromatic rings. The maximum atomic E-state index is 12.8. The van der Waals surface area contributed by atoms with E-state index in [2.05, 4.69) is 7.05 Å². The summed E-state index contributed by atoms with van der Waals surface area (Å²) in [5, 5.41) is 22.4. The minimum Gasteiger partial charge on any atom is -0.504 e. The van der Waals surface area contributed by atoms with Crippen molar-refractivity contribution in [1.82, 2.24) is 0 Å². The highest BCUT2D eigenvalue weighted by molar-refractivity contribution is 5.89. The first kappa shape index (κ1) is 15.5. The molecule has 3 aliphatic carbocycles. The van der Waals surface area contributed by atoms with Gasteiger partial charge in [-0.25, -0.2) is 0 Å². The molecule has 1 spiro atoms. The van der Waals surface area contributed by atoms with Gasteiger partial charge in [-0.1, -0.05) is 6.07 Å². The zero-order valence-electron chi connectivity index (χ0n) is 15.2. The van der Waals surface area contributed by atoms with Crippen LogP contribution in [0.15, 0.2) is 12.1 Å². The van der Waals surface area contributed by atoms with Crippen molar-refractivity contribution in [3.63, 3.8) is 0 Å². The number of hydrogen-bond donors (Lipinski definition) is 2. The molecular formula is C21H26NO4+. The predicted molar refractivity (Wildman–Crippen MR) is 94.1 cm³/mol. The van der Waals surface area contributed by atoms with Gasteiger partial charge < -0.3 is 19.4 Å². The molecule has 0 aromatic heterocycles. The Balaban J connectivity index is 1.59. The SMILES string of the molecule is C[N+]1(CC2CC2)CC2(O)CCC(=O)C3Oc4c(O)ccc5c4C32CC1C5. The third-order valence-corrected chi connectivity index (χ3v) is 8.15. The topological polar surface area (TPSA) is 66.8 Å². The second-order valence-electron chi connectivity index (χ2n) is 9.74. The monoisotopic (exact) mass is 356 g/mol. The van der Waals surface area contributed by atoms with Crippen LogP contribution in [0.4, 0.5) is 0 Å². The van der Waals surface area contributed by atoms with Gasteiger partial charge in [0.05, 0.1) is 25.0 Å². The van der Waals surface area contributed by atoms with E-state index >= 15 is 0 Å². The van der Waals surface area contributed by atoms with E-state index < -0.39 is 17.1 Å². The second kappa shape index (κ2) is 4.45. The molecule has 2 aliphatic heterocycles. The molecule has 2 saturated carbocycles. The highest BCUT2D eigenvalue weighted by Gasteiger charge is 2.74. The van der Waals surface area contributed by atoms with Crippen LogP contribution in [-0.2, 0) is 16.6 Å². The molecule has 6 rings (SSSR count). The lowest BCUT2D eigenvalue weighted by Crippen LogP contribution is -2.78. The number of carbonyl (C=O) groups excluding carboxylic acids is 1. The number of hydrogen-bond acceptors (Lipinski definition) is 4. The Kier molecular flexibility index (Phi) is 2.65. The first-order valence-electron chi connectivity index (χ1n) is 9.98. The van der Waals surface area contributed by atoms with Crippen LogP contribution in [0, 0.1) is 5.92 Å². The second-order valence-corrected chi connectivity index (χ2v) is 9.74. The van der Waals surface area contributed by atoms with Crippen LogP contribution in [0.25, 0.3) is 0 Å². The highest BCUT2D eigenvalue weighted by Crippen LogP contribution is 2.64. The van der Waals surface area contributed by atoms with Gasteiger partial charge >= 0.3 is 0 Å². The Labute approximate surface area is 153 Å². The first-order chi connectivity index (χ1) is 12.4. The van der Waals surface area contributed by atoms with E-state index in [9.17, 15) is 15.0 Å². The maximum Gasteiger partial charge on any atom is 0.174 e. The number of piperidine rings is 1. The number of ether oxygens (including phenoxy) is 1. The van der Waals surface area contributed by atoms with Crippen molar-refractivity contribution in [3.05, 3.63) is 23.3 Å². The van der Waals surface area contributed by atoms with Crippen molar-refractivity contribution in [1.29, 1.82) is 0 Å². The predicted octanol–water partition coefficient (Wildman–Crippen LogP) is 1.67. The lowest BCUT2D eigenvalue weighted by molar-refractivity contribution is -0.949. The number of carbonyl (C=O) groups is 1. The average molecular weight is 356 g/mol. The van der Waals surface area contributed by atoms with Gasteiger partial charge in [0, 0.05) is 30.7 Å². The summed E-state index contributed by atoms with van der Waals surface area (Å²) in [5.41, 5.74) is 0.479. The normalized spacial score (nSPS) is 45.2. The molecular weight excluding hydrogens is 330 g/mol. The van der Waals surface area contributed by atoms with Gasteiger partial charge in [0.2, 0.25) is 0 Å². The summed E-state index contributed by atoms with van der Waals surface area (Å²) in [6, 6.07) is 4.08. The zero-order valence-corrected chi connectivity index (χ0v) is 15.2. The van der Waals surface area contributed by atoms with Crippen LogP contribution in [0.5, 0.6) is 11.5 Å². The zero-order chi connectivity index (χ0) is 17.9. The Morgan fingerprint density at radius 2 is 2.15 bits per heavy atom. The third-order valence-electron chi connectivity index (χ3n) is 8.15. The molecule has 5 unspecified atom stereocenters. The summed E-state index contributed by atoms with van der Waals surface area (Å²) in [4.78, 5) is 12.8. The van der Waals surface area contributed by atoms with Gasteiger partial charge in [0.15, 0.2) is 23.4 Å². The van der Waals surface area contributed by atoms with Crippen LogP contribution in [0.1, 0.15) is 43.2 Å². The van der Waals surface area contributed by atoms with E-state index in [1.54, 1.807) is 6.07 Å². The van der Waals surface area contributed by atoms with E-state index in [1.807, 2.05) is 6.07 Å². The van der Waals surface area contributed by atoms with E-state index in [1.165, 1.54) is 12.8 Å². The molecule has 26 heavy (non-hydrogen) atoms. The number of nitrogens with zero attached hydrogens (tertiary/aromatic N) is 1. The fraction of sp³-hybridized carbons (Fsp3) is 0.667. The van der Waals surface area contributed by atoms with Gasteiger partial charge in [-0.3, -0.25) is 4.79 Å². The van der Waals surface area contributed by atoms with Crippen molar-refractivity contribution in [2.24, 2.45) is 5.92 Å². The number of Topliss-reactive ketones (excluding diaryl/α,β-unsaturated/α-hetero) is 1. The smallest absolute Gasteiger partial charge is 0.174 e. The van der Waals surface area contributed by atoms with Gasteiger partial charge in [0.25, 0.3) is 0 Å². The van der Waals surface area contributed by atoms with Crippen molar-refractivity contribution < 1.29 is 24.2 Å². The summed E-state index contributed by atoms with van der Waals surface area (Å²) < 4.78 is 6.98. The van der Waals surface area contributed by atoms with Gasteiger partial charge in [-0.2, -0.15) is 0 Å². The standard InChI is InChI=1S/C21H25NO4/c1-22(10-12-2-3-12)11-20(25)7-6-16(24)19-21(20)9-14(22)8-13-4-5-15(23)18(26-19)17(13)21/h4-5,12,14,19,25H,2-3,6-11H2,1H3/p+1. The van der Waals surface area contributed by atoms with Crippen LogP contribution in [-0.4, -0.2) is 58.4 Å². The summed E-state index contributed by atoms with van der Waals surface area (Å²) >= 11 is 0. The van der Waals surface area contributed by atoms with E-state index in [0.29, 0.717) is 31.2 Å². The molecule has 5 atom stereocenters. The molecule has 5 nitrogen and oxygen atoms in total. The largest absolute Gasteiger partial charge is 0.504 e. The molecule has 2 N–H and O–H groups in total. The van der Waals surface area contributed by atoms with Gasteiger partial charge in [0.1, 0.15) is 12.1 Å². The van der Waals surface area contributed by atoms with Crippen molar-refractivity contribution in [2.75, 3.05) is 20.1 Å². The number of quaternary nitrogens is 1. The van der Waals surface area contributed by atoms with Crippen molar-refractivity contribution in [3.8, 4) is 11.5 Å². The molecule has 138 valence electrons. The molecule has 2 heterocycles. The first-order valence-corrected chi connectivity index (χ1v) is 9.98. The molecule has 2 bridgehead atoms. The van der Waals surface area contributed by atoms with Crippen LogP contribution >= 0.6 is 0 Å². The number of aliphatic hydroxyl groups is 1. The summed E-state index contributed by atoms with van der Waals surface area (Å²) in [7, 11) is 2.31. The molecule has 0 amide bonds. The van der Waals surface area contributed by atoms with Crippen LogP contribution in [0.2, 0.25) is 0 Å². The van der Waals surface area contributed by atoms with E-state index in [0.717, 1.165) is 40.9 Å². The fourth-order valence-corrected chi connectivity index (χ4v) is 6.83. The number of fused-ring (bicyclic) bond motifs is 1. The lowest BCUT2D eigenvalue weighted by atomic mass is 9.50. The lowest BCUT2D eigenvalue weighted by Gasteiger charge is -2.62. The number of likely N-dealkylation sites (N-methyl/N-ethyl adjacent to an activating group) is 1. The van der Waals surface area contributed by atoms with Crippen molar-refractivity contribution >= 4 is 5.78 Å². The Bertz CT molecular complexity index is 849. The van der Waals surface area contributed by atoms with Crippen LogP contribution < -0.4 is 4.74 Å². The van der Waals surface area contributed by atoms with Gasteiger partial charge in [-0.05, 0) is 30.9 Å². The number of rotatable bonds is 2. The minimum absolute atomic E-state index is 0.0789. The number of phenols is 1. The Hall–Kier alpha value is -1.59. The van der Waals surface area contributed by atoms with Crippen molar-refractivity contribution in [2.45, 2.75) is 61.7 Å². The Morgan fingerprint density at radius 1 is 1.35 bits per heavy atom. The highest BCUT2D eigenvalue weighted by atomic mass is 16.5. The molecule has 3 fully saturated rings. The van der Waals surface area contributed by atoms with E-state index in [-0.39, 0.29) is 11.5 Å². The average Bonchev–Trinajstić information content (AvgIpc) is 3.31. The van der Waals surface area contributed by atoms with Crippen LogP contribution in [0.3, 0.4) is 0 Å². The number of likely N-dealkylation sites (tertiary alicyclic amines) is 1. The Morgan fingerprint density at radius 3 is 2.92 bits per heavy atom. The number of benzene rings is 1. The molecule has 0 radical (unpaired) electrons. The summed E-state index contributed by atoms with van der Waals surface area (Å²) in [6.45, 7) is 1.82. The molecule has 1 aromatic carbocycles. The molecule has 1 saturated heterocycles. The number of phenolic OH excluding ortho intramolecular Hbond substituents is 1.